The van der Waals surface area contributed by atoms with Crippen molar-refractivity contribution in [2.24, 2.45) is 0 Å². The molecular formula is C16H13BrClN3. The largest absolute Gasteiger partial charge is 0.396 e. The Morgan fingerprint density at radius 2 is 1.95 bits per heavy atom. The molecule has 0 bridgehead atoms. The maximum atomic E-state index is 6.08. The number of benzene rings is 2. The Balaban J connectivity index is 1.91. The van der Waals surface area contributed by atoms with Gasteiger partial charge in [-0.05, 0) is 29.8 Å². The molecule has 21 heavy (non-hydrogen) atoms. The Morgan fingerprint density at radius 1 is 1.14 bits per heavy atom. The smallest absolute Gasteiger partial charge is 0.115 e. The Morgan fingerprint density at radius 3 is 2.71 bits per heavy atom. The zero-order chi connectivity index (χ0) is 14.8. The van der Waals surface area contributed by atoms with Gasteiger partial charge in [-0.2, -0.15) is 5.10 Å². The molecule has 3 aromatic rings. The predicted molar refractivity (Wildman–Crippen MR) is 90.3 cm³/mol. The van der Waals surface area contributed by atoms with Gasteiger partial charge in [0, 0.05) is 21.3 Å². The molecule has 3 rings (SSSR count). The van der Waals surface area contributed by atoms with Crippen LogP contribution in [-0.4, -0.2) is 9.78 Å². The minimum absolute atomic E-state index is 0.638. The Kier molecular flexibility index (Phi) is 3.99. The molecule has 106 valence electrons. The Labute approximate surface area is 136 Å². The lowest BCUT2D eigenvalue weighted by Crippen LogP contribution is -2.00. The standard InChI is InChI=1S/C16H13BrClN3/c17-13-5-2-4-12(8-13)16-15(19)10-21(20-16)9-11-3-1-6-14(18)7-11/h1-8,10H,9,19H2. The third-order valence-electron chi connectivity index (χ3n) is 3.12. The molecule has 5 heteroatoms. The number of anilines is 1. The molecule has 1 aromatic heterocycles. The number of nitrogens with two attached hydrogens (primary N) is 1. The van der Waals surface area contributed by atoms with Crippen LogP contribution in [0, 0.1) is 0 Å². The van der Waals surface area contributed by atoms with E-state index in [9.17, 15) is 0 Å². The normalized spacial score (nSPS) is 10.8. The molecule has 3 nitrogen and oxygen atoms in total. The highest BCUT2D eigenvalue weighted by atomic mass is 79.9. The molecule has 0 radical (unpaired) electrons. The van der Waals surface area contributed by atoms with Crippen LogP contribution < -0.4 is 5.73 Å². The van der Waals surface area contributed by atoms with E-state index in [0.717, 1.165) is 26.3 Å². The second-order valence-electron chi connectivity index (χ2n) is 4.77. The molecule has 0 spiro atoms. The van der Waals surface area contributed by atoms with Gasteiger partial charge in [-0.25, -0.2) is 0 Å². The molecule has 0 aliphatic carbocycles. The second kappa shape index (κ2) is 5.92. The topological polar surface area (TPSA) is 43.8 Å². The first-order valence-electron chi connectivity index (χ1n) is 6.45. The van der Waals surface area contributed by atoms with E-state index in [-0.39, 0.29) is 0 Å². The highest BCUT2D eigenvalue weighted by molar-refractivity contribution is 9.10. The first-order valence-corrected chi connectivity index (χ1v) is 7.62. The highest BCUT2D eigenvalue weighted by Crippen LogP contribution is 2.26. The van der Waals surface area contributed by atoms with Crippen molar-refractivity contribution in [1.29, 1.82) is 0 Å². The zero-order valence-corrected chi connectivity index (χ0v) is 13.5. The van der Waals surface area contributed by atoms with Crippen LogP contribution in [-0.2, 0) is 6.54 Å². The molecular weight excluding hydrogens is 350 g/mol. The monoisotopic (exact) mass is 361 g/mol. The summed E-state index contributed by atoms with van der Waals surface area (Å²) in [5, 5.41) is 5.30. The summed E-state index contributed by atoms with van der Waals surface area (Å²) in [4.78, 5) is 0. The first kappa shape index (κ1) is 14.2. The summed E-state index contributed by atoms with van der Waals surface area (Å²) in [5.74, 6) is 0. The maximum Gasteiger partial charge on any atom is 0.115 e. The number of hydrogen-bond donors (Lipinski definition) is 1. The van der Waals surface area contributed by atoms with Crippen LogP contribution in [0.1, 0.15) is 5.56 Å². The van der Waals surface area contributed by atoms with Crippen LogP contribution in [0.4, 0.5) is 5.69 Å². The van der Waals surface area contributed by atoms with E-state index in [1.807, 2.05) is 59.4 Å². The van der Waals surface area contributed by atoms with E-state index in [2.05, 4.69) is 21.0 Å². The quantitative estimate of drug-likeness (QED) is 0.740. The maximum absolute atomic E-state index is 6.08. The molecule has 2 aromatic carbocycles. The molecule has 0 saturated carbocycles. The van der Waals surface area contributed by atoms with Crippen LogP contribution in [0.25, 0.3) is 11.3 Å². The zero-order valence-electron chi connectivity index (χ0n) is 11.1. The minimum Gasteiger partial charge on any atom is -0.396 e. The van der Waals surface area contributed by atoms with E-state index >= 15 is 0 Å². The molecule has 0 atom stereocenters. The predicted octanol–water partition coefficient (Wildman–Crippen LogP) is 4.60. The van der Waals surface area contributed by atoms with Crippen molar-refractivity contribution >= 4 is 33.2 Å². The lowest BCUT2D eigenvalue weighted by Gasteiger charge is -2.02. The van der Waals surface area contributed by atoms with Crippen LogP contribution >= 0.6 is 27.5 Å². The Hall–Kier alpha value is -1.78. The molecule has 1 heterocycles. The van der Waals surface area contributed by atoms with Gasteiger partial charge in [0.25, 0.3) is 0 Å². The summed E-state index contributed by atoms with van der Waals surface area (Å²) in [6, 6.07) is 15.7. The van der Waals surface area contributed by atoms with Gasteiger partial charge in [0.15, 0.2) is 0 Å². The van der Waals surface area contributed by atoms with Crippen molar-refractivity contribution in [2.75, 3.05) is 5.73 Å². The summed E-state index contributed by atoms with van der Waals surface area (Å²) >= 11 is 9.46. The fraction of sp³-hybridized carbons (Fsp3) is 0.0625. The highest BCUT2D eigenvalue weighted by Gasteiger charge is 2.09. The Bertz CT molecular complexity index is 783. The summed E-state index contributed by atoms with van der Waals surface area (Å²) < 4.78 is 2.83. The second-order valence-corrected chi connectivity index (χ2v) is 6.12. The summed E-state index contributed by atoms with van der Waals surface area (Å²) in [5.41, 5.74) is 9.62. The number of nitrogen functional groups attached to an aromatic ring is 1. The van der Waals surface area contributed by atoms with Crippen molar-refractivity contribution in [2.45, 2.75) is 6.54 Å². The lowest BCUT2D eigenvalue weighted by molar-refractivity contribution is 0.689. The van der Waals surface area contributed by atoms with Crippen LogP contribution in [0.2, 0.25) is 5.02 Å². The minimum atomic E-state index is 0.638. The molecule has 0 aliphatic heterocycles. The molecule has 2 N–H and O–H groups in total. The van der Waals surface area contributed by atoms with E-state index in [1.54, 1.807) is 0 Å². The van der Waals surface area contributed by atoms with E-state index in [4.69, 9.17) is 17.3 Å². The van der Waals surface area contributed by atoms with Crippen LogP contribution in [0.15, 0.2) is 59.2 Å². The summed E-state index contributed by atoms with van der Waals surface area (Å²) in [6.07, 6.45) is 1.84. The van der Waals surface area contributed by atoms with E-state index < -0.39 is 0 Å². The van der Waals surface area contributed by atoms with Gasteiger partial charge in [-0.3, -0.25) is 4.68 Å². The fourth-order valence-corrected chi connectivity index (χ4v) is 2.81. The van der Waals surface area contributed by atoms with Crippen LogP contribution in [0.3, 0.4) is 0 Å². The summed E-state index contributed by atoms with van der Waals surface area (Å²) in [7, 11) is 0. The molecule has 0 unspecified atom stereocenters. The van der Waals surface area contributed by atoms with E-state index in [1.165, 1.54) is 0 Å². The number of aromatic nitrogens is 2. The van der Waals surface area contributed by atoms with Gasteiger partial charge in [-0.15, -0.1) is 0 Å². The third-order valence-corrected chi connectivity index (χ3v) is 3.85. The molecule has 0 fully saturated rings. The molecule has 0 saturated heterocycles. The van der Waals surface area contributed by atoms with Crippen molar-refractivity contribution in [3.63, 3.8) is 0 Å². The van der Waals surface area contributed by atoms with Crippen molar-refractivity contribution in [3.05, 3.63) is 69.8 Å². The molecule has 0 amide bonds. The third kappa shape index (κ3) is 3.28. The molecule has 0 aliphatic rings. The van der Waals surface area contributed by atoms with Crippen molar-refractivity contribution < 1.29 is 0 Å². The summed E-state index contributed by atoms with van der Waals surface area (Å²) in [6.45, 7) is 0.638. The number of halogens is 2. The van der Waals surface area contributed by atoms with Gasteiger partial charge in [0.2, 0.25) is 0 Å². The number of rotatable bonds is 3. The van der Waals surface area contributed by atoms with Crippen LogP contribution in [0.5, 0.6) is 0 Å². The fourth-order valence-electron chi connectivity index (χ4n) is 2.20. The van der Waals surface area contributed by atoms with Gasteiger partial charge >= 0.3 is 0 Å². The van der Waals surface area contributed by atoms with Crippen molar-refractivity contribution in [3.8, 4) is 11.3 Å². The SMILES string of the molecule is Nc1cn(Cc2cccc(Cl)c2)nc1-c1cccc(Br)c1. The van der Waals surface area contributed by atoms with Gasteiger partial charge in [0.1, 0.15) is 5.69 Å². The average molecular weight is 363 g/mol. The first-order chi connectivity index (χ1) is 10.1. The van der Waals surface area contributed by atoms with Gasteiger partial charge in [0.05, 0.1) is 12.2 Å². The average Bonchev–Trinajstić information content (AvgIpc) is 2.79. The number of nitrogens with zero attached hydrogens (tertiary/aromatic N) is 2. The van der Waals surface area contributed by atoms with E-state index in [0.29, 0.717) is 12.2 Å². The van der Waals surface area contributed by atoms with Gasteiger partial charge in [-0.1, -0.05) is 51.8 Å². The number of hydrogen-bond acceptors (Lipinski definition) is 2. The van der Waals surface area contributed by atoms with Crippen molar-refractivity contribution in [1.82, 2.24) is 9.78 Å². The lowest BCUT2D eigenvalue weighted by atomic mass is 10.1. The van der Waals surface area contributed by atoms with Gasteiger partial charge < -0.3 is 5.73 Å².